The Morgan fingerprint density at radius 3 is 2.52 bits per heavy atom. The highest BCUT2D eigenvalue weighted by Gasteiger charge is 2.26. The molecule has 2 rings (SSSR count). The number of carbonyl (C=O) groups is 2. The van der Waals surface area contributed by atoms with Gasteiger partial charge in [-0.2, -0.15) is 0 Å². The molecule has 152 valence electrons. The molecule has 27 heavy (non-hydrogen) atoms. The third-order valence-corrected chi connectivity index (χ3v) is 6.22. The molecule has 0 bridgehead atoms. The molecule has 1 aromatic rings. The molecule has 1 aliphatic carbocycles. The van der Waals surface area contributed by atoms with E-state index in [2.05, 4.69) is 10.3 Å². The molecule has 6 nitrogen and oxygen atoms in total. The number of hydrogen-bond acceptors (Lipinski definition) is 5. The Balaban J connectivity index is 1.92. The first-order valence-electron chi connectivity index (χ1n) is 10.00. The van der Waals surface area contributed by atoms with Gasteiger partial charge in [0.25, 0.3) is 0 Å². The topological polar surface area (TPSA) is 99.5 Å². The van der Waals surface area contributed by atoms with Gasteiger partial charge in [-0.25, -0.2) is 4.98 Å². The molecular weight excluding hydrogens is 364 g/mol. The van der Waals surface area contributed by atoms with E-state index in [0.29, 0.717) is 12.1 Å². The van der Waals surface area contributed by atoms with Crippen LogP contribution in [0.15, 0.2) is 5.38 Å². The van der Waals surface area contributed by atoms with Crippen molar-refractivity contribution in [2.75, 3.05) is 6.54 Å². The van der Waals surface area contributed by atoms with Crippen LogP contribution in [0.4, 0.5) is 0 Å². The SMILES string of the molecule is CC(C)CC(NCC(C(=O)O)c1csc(CCC2CCCCC2)n1)C(=O)O. The molecule has 2 atom stereocenters. The van der Waals surface area contributed by atoms with Crippen molar-refractivity contribution in [3.8, 4) is 0 Å². The number of nitrogens with zero attached hydrogens (tertiary/aromatic N) is 1. The Bertz CT molecular complexity index is 611. The second-order valence-corrected chi connectivity index (χ2v) is 8.97. The first kappa shape index (κ1) is 21.8. The number of aromatic nitrogens is 1. The van der Waals surface area contributed by atoms with E-state index in [1.165, 1.54) is 43.4 Å². The van der Waals surface area contributed by atoms with Gasteiger partial charge in [0.1, 0.15) is 12.0 Å². The maximum Gasteiger partial charge on any atom is 0.320 e. The highest BCUT2D eigenvalue weighted by Crippen LogP contribution is 2.28. The first-order valence-corrected chi connectivity index (χ1v) is 10.9. The van der Waals surface area contributed by atoms with Crippen molar-refractivity contribution in [1.82, 2.24) is 10.3 Å². The summed E-state index contributed by atoms with van der Waals surface area (Å²) in [5.74, 6) is -1.75. The molecule has 0 aromatic carbocycles. The van der Waals surface area contributed by atoms with Crippen LogP contribution in [0.1, 0.15) is 75.4 Å². The molecule has 0 spiro atoms. The Morgan fingerprint density at radius 2 is 1.93 bits per heavy atom. The minimum atomic E-state index is -0.972. The summed E-state index contributed by atoms with van der Waals surface area (Å²) >= 11 is 1.52. The van der Waals surface area contributed by atoms with E-state index in [1.807, 2.05) is 19.2 Å². The van der Waals surface area contributed by atoms with Crippen LogP contribution < -0.4 is 5.32 Å². The first-order chi connectivity index (χ1) is 12.9. The van der Waals surface area contributed by atoms with E-state index in [-0.39, 0.29) is 12.5 Å². The maximum absolute atomic E-state index is 11.7. The number of aryl methyl sites for hydroxylation is 1. The van der Waals surface area contributed by atoms with Crippen molar-refractivity contribution in [2.45, 2.75) is 77.2 Å². The number of aliphatic carboxylic acids is 2. The minimum Gasteiger partial charge on any atom is -0.481 e. The monoisotopic (exact) mass is 396 g/mol. The summed E-state index contributed by atoms with van der Waals surface area (Å²) in [5.41, 5.74) is 0.535. The molecule has 1 aromatic heterocycles. The fourth-order valence-electron chi connectivity index (χ4n) is 3.72. The smallest absolute Gasteiger partial charge is 0.320 e. The van der Waals surface area contributed by atoms with Gasteiger partial charge in [0.2, 0.25) is 0 Å². The summed E-state index contributed by atoms with van der Waals surface area (Å²) in [6, 6.07) is -0.740. The summed E-state index contributed by atoms with van der Waals surface area (Å²) in [6.45, 7) is 3.97. The zero-order chi connectivity index (χ0) is 19.8. The summed E-state index contributed by atoms with van der Waals surface area (Å²) < 4.78 is 0. The molecule has 1 fully saturated rings. The van der Waals surface area contributed by atoms with Crippen LogP contribution in [0.2, 0.25) is 0 Å². The predicted octanol–water partition coefficient (Wildman–Crippen LogP) is 3.91. The molecule has 7 heteroatoms. The van der Waals surface area contributed by atoms with E-state index >= 15 is 0 Å². The molecule has 0 aliphatic heterocycles. The van der Waals surface area contributed by atoms with Crippen LogP contribution in [0.5, 0.6) is 0 Å². The van der Waals surface area contributed by atoms with Gasteiger partial charge in [0, 0.05) is 11.9 Å². The number of carboxylic acids is 2. The van der Waals surface area contributed by atoms with Crippen molar-refractivity contribution >= 4 is 23.3 Å². The van der Waals surface area contributed by atoms with E-state index in [9.17, 15) is 19.8 Å². The summed E-state index contributed by atoms with van der Waals surface area (Å²) in [6.07, 6.45) is 9.07. The molecule has 0 radical (unpaired) electrons. The standard InChI is InChI=1S/C20H32N2O4S/c1-13(2)10-16(20(25)26)21-11-15(19(23)24)17-12-27-18(22-17)9-8-14-6-4-3-5-7-14/h12-16,21H,3-11H2,1-2H3,(H,23,24)(H,25,26). The number of nitrogens with one attached hydrogen (secondary N) is 1. The van der Waals surface area contributed by atoms with Crippen molar-refractivity contribution in [3.63, 3.8) is 0 Å². The average Bonchev–Trinajstić information content (AvgIpc) is 3.08. The van der Waals surface area contributed by atoms with Gasteiger partial charge in [-0.3, -0.25) is 9.59 Å². The normalized spacial score (nSPS) is 17.7. The average molecular weight is 397 g/mol. The quantitative estimate of drug-likeness (QED) is 0.524. The molecule has 0 amide bonds. The van der Waals surface area contributed by atoms with E-state index < -0.39 is 23.9 Å². The van der Waals surface area contributed by atoms with E-state index in [4.69, 9.17) is 0 Å². The molecule has 3 N–H and O–H groups in total. The second kappa shape index (κ2) is 10.8. The third kappa shape index (κ3) is 7.22. The minimum absolute atomic E-state index is 0.0742. The molecule has 1 heterocycles. The van der Waals surface area contributed by atoms with Crippen LogP contribution >= 0.6 is 11.3 Å². The lowest BCUT2D eigenvalue weighted by Gasteiger charge is -2.20. The second-order valence-electron chi connectivity index (χ2n) is 8.03. The highest BCUT2D eigenvalue weighted by molar-refractivity contribution is 7.09. The summed E-state index contributed by atoms with van der Waals surface area (Å²) in [4.78, 5) is 27.6. The Morgan fingerprint density at radius 1 is 1.22 bits per heavy atom. The van der Waals surface area contributed by atoms with Crippen LogP contribution in [0.3, 0.4) is 0 Å². The van der Waals surface area contributed by atoms with Crippen molar-refractivity contribution in [3.05, 3.63) is 16.1 Å². The zero-order valence-corrected chi connectivity index (χ0v) is 17.1. The van der Waals surface area contributed by atoms with Gasteiger partial charge in [0.15, 0.2) is 0 Å². The molecule has 2 unspecified atom stereocenters. The van der Waals surface area contributed by atoms with Crippen molar-refractivity contribution < 1.29 is 19.8 Å². The number of hydrogen-bond donors (Lipinski definition) is 3. The van der Waals surface area contributed by atoms with Crippen LogP contribution in [0.25, 0.3) is 0 Å². The Kier molecular flexibility index (Phi) is 8.70. The van der Waals surface area contributed by atoms with Gasteiger partial charge in [0.05, 0.1) is 10.7 Å². The number of rotatable bonds is 11. The Labute approximate surface area is 165 Å². The number of thiazole rings is 1. The highest BCUT2D eigenvalue weighted by atomic mass is 32.1. The lowest BCUT2D eigenvalue weighted by Crippen LogP contribution is -2.41. The van der Waals surface area contributed by atoms with Crippen LogP contribution in [-0.2, 0) is 16.0 Å². The summed E-state index contributed by atoms with van der Waals surface area (Å²) in [5, 5.41) is 24.6. The maximum atomic E-state index is 11.7. The van der Waals surface area contributed by atoms with Crippen LogP contribution in [-0.4, -0.2) is 39.7 Å². The predicted molar refractivity (Wildman–Crippen MR) is 106 cm³/mol. The summed E-state index contributed by atoms with van der Waals surface area (Å²) in [7, 11) is 0. The third-order valence-electron chi connectivity index (χ3n) is 5.29. The number of carboxylic acid groups (broad SMARTS) is 2. The largest absolute Gasteiger partial charge is 0.481 e. The van der Waals surface area contributed by atoms with E-state index in [0.717, 1.165) is 23.8 Å². The fourth-order valence-corrected chi connectivity index (χ4v) is 4.59. The van der Waals surface area contributed by atoms with Crippen molar-refractivity contribution in [2.24, 2.45) is 11.8 Å². The van der Waals surface area contributed by atoms with Gasteiger partial charge in [-0.05, 0) is 31.1 Å². The van der Waals surface area contributed by atoms with Crippen molar-refractivity contribution in [1.29, 1.82) is 0 Å². The molecular formula is C20H32N2O4S. The van der Waals surface area contributed by atoms with Gasteiger partial charge in [-0.15, -0.1) is 11.3 Å². The molecule has 1 saturated carbocycles. The zero-order valence-electron chi connectivity index (χ0n) is 16.3. The molecule has 1 aliphatic rings. The molecule has 0 saturated heterocycles. The lowest BCUT2D eigenvalue weighted by atomic mass is 9.86. The Hall–Kier alpha value is -1.47. The fraction of sp³-hybridized carbons (Fsp3) is 0.750. The van der Waals surface area contributed by atoms with Gasteiger partial charge >= 0.3 is 11.9 Å². The van der Waals surface area contributed by atoms with Gasteiger partial charge < -0.3 is 15.5 Å². The van der Waals surface area contributed by atoms with Gasteiger partial charge in [-0.1, -0.05) is 46.0 Å². The van der Waals surface area contributed by atoms with Crippen LogP contribution in [0, 0.1) is 11.8 Å². The lowest BCUT2D eigenvalue weighted by molar-refractivity contribution is -0.142. The van der Waals surface area contributed by atoms with E-state index in [1.54, 1.807) is 0 Å².